The number of hydrogen-bond donors (Lipinski definition) is 1. The molecular formula is C13H27NO2S. The largest absolute Gasteiger partial charge is 0.330 e. The van der Waals surface area contributed by atoms with Crippen LogP contribution in [0, 0.1) is 5.41 Å². The lowest BCUT2D eigenvalue weighted by Crippen LogP contribution is -2.32. The van der Waals surface area contributed by atoms with E-state index >= 15 is 0 Å². The molecule has 0 heterocycles. The van der Waals surface area contributed by atoms with Crippen LogP contribution in [0.15, 0.2) is 0 Å². The molecule has 4 heteroatoms. The summed E-state index contributed by atoms with van der Waals surface area (Å²) < 4.78 is 23.6. The van der Waals surface area contributed by atoms with Crippen molar-refractivity contribution in [1.82, 2.24) is 0 Å². The minimum atomic E-state index is -2.85. The van der Waals surface area contributed by atoms with Gasteiger partial charge in [0, 0.05) is 5.75 Å². The molecule has 0 aliphatic heterocycles. The fraction of sp³-hybridized carbons (Fsp3) is 1.00. The Morgan fingerprint density at radius 2 is 1.65 bits per heavy atom. The Kier molecular flexibility index (Phi) is 5.93. The van der Waals surface area contributed by atoms with E-state index in [1.807, 2.05) is 6.92 Å². The molecule has 3 nitrogen and oxygen atoms in total. The monoisotopic (exact) mass is 261 g/mol. The highest BCUT2D eigenvalue weighted by Crippen LogP contribution is 2.37. The first-order valence-corrected chi connectivity index (χ1v) is 8.76. The van der Waals surface area contributed by atoms with Crippen LogP contribution >= 0.6 is 0 Å². The molecule has 2 N–H and O–H groups in total. The number of hydrogen-bond acceptors (Lipinski definition) is 3. The number of rotatable bonds is 6. The molecule has 0 atom stereocenters. The molecule has 0 amide bonds. The Morgan fingerprint density at radius 3 is 2.12 bits per heavy atom. The van der Waals surface area contributed by atoms with Gasteiger partial charge in [0.25, 0.3) is 0 Å². The van der Waals surface area contributed by atoms with Crippen molar-refractivity contribution in [3.63, 3.8) is 0 Å². The van der Waals surface area contributed by atoms with Gasteiger partial charge in [-0.1, -0.05) is 32.6 Å². The Labute approximate surface area is 106 Å². The van der Waals surface area contributed by atoms with Gasteiger partial charge in [-0.25, -0.2) is 8.42 Å². The van der Waals surface area contributed by atoms with E-state index in [0.29, 0.717) is 18.1 Å². The minimum absolute atomic E-state index is 0.108. The molecule has 0 radical (unpaired) electrons. The second-order valence-corrected chi connectivity index (χ2v) is 7.82. The lowest BCUT2D eigenvalue weighted by atomic mass is 9.78. The van der Waals surface area contributed by atoms with Crippen LogP contribution in [-0.2, 0) is 9.84 Å². The van der Waals surface area contributed by atoms with E-state index in [2.05, 4.69) is 0 Å². The maximum Gasteiger partial charge on any atom is 0.150 e. The van der Waals surface area contributed by atoms with Gasteiger partial charge >= 0.3 is 0 Å². The molecule has 0 spiro atoms. The highest BCUT2D eigenvalue weighted by atomic mass is 32.2. The highest BCUT2D eigenvalue weighted by molar-refractivity contribution is 7.91. The van der Waals surface area contributed by atoms with E-state index in [0.717, 1.165) is 25.7 Å². The molecule has 0 bridgehead atoms. The molecule has 1 aliphatic carbocycles. The first kappa shape index (κ1) is 15.0. The van der Waals surface area contributed by atoms with Gasteiger partial charge in [-0.2, -0.15) is 0 Å². The molecule has 102 valence electrons. The summed E-state index contributed by atoms with van der Waals surface area (Å²) in [7, 11) is -2.85. The van der Waals surface area contributed by atoms with Gasteiger partial charge in [-0.15, -0.1) is 0 Å². The third-order valence-electron chi connectivity index (χ3n) is 4.06. The molecule has 0 unspecified atom stereocenters. The van der Waals surface area contributed by atoms with Gasteiger partial charge in [0.2, 0.25) is 0 Å². The Bertz CT molecular complexity index is 303. The van der Waals surface area contributed by atoms with Crippen molar-refractivity contribution in [2.24, 2.45) is 11.1 Å². The van der Waals surface area contributed by atoms with E-state index in [1.165, 1.54) is 25.7 Å². The smallest absolute Gasteiger partial charge is 0.150 e. The number of nitrogens with two attached hydrogens (primary N) is 1. The molecule has 1 saturated carbocycles. The third kappa shape index (κ3) is 4.96. The second kappa shape index (κ2) is 6.74. The number of sulfone groups is 1. The van der Waals surface area contributed by atoms with Crippen LogP contribution in [0.2, 0.25) is 0 Å². The minimum Gasteiger partial charge on any atom is -0.330 e. The predicted molar refractivity (Wildman–Crippen MR) is 72.8 cm³/mol. The zero-order valence-corrected chi connectivity index (χ0v) is 11.9. The topological polar surface area (TPSA) is 60.2 Å². The Hall–Kier alpha value is -0.0900. The molecular weight excluding hydrogens is 234 g/mol. The summed E-state index contributed by atoms with van der Waals surface area (Å²) in [6.45, 7) is 2.57. The standard InChI is InChI=1S/C13H27NO2S/c1-2-10-17(15,16)11-9-13(12-14)7-5-3-4-6-8-13/h2-12,14H2,1H3. The summed E-state index contributed by atoms with van der Waals surface area (Å²) in [5.74, 6) is 0.658. The molecule has 0 aromatic heterocycles. The summed E-state index contributed by atoms with van der Waals surface area (Å²) >= 11 is 0. The van der Waals surface area contributed by atoms with Crippen molar-refractivity contribution in [3.8, 4) is 0 Å². The maximum atomic E-state index is 11.8. The van der Waals surface area contributed by atoms with Crippen LogP contribution < -0.4 is 5.73 Å². The fourth-order valence-electron chi connectivity index (χ4n) is 2.82. The van der Waals surface area contributed by atoms with Crippen molar-refractivity contribution in [1.29, 1.82) is 0 Å². The second-order valence-electron chi connectivity index (χ2n) is 5.52. The van der Waals surface area contributed by atoms with Crippen molar-refractivity contribution in [3.05, 3.63) is 0 Å². The van der Waals surface area contributed by atoms with Gasteiger partial charge in [0.05, 0.1) is 5.75 Å². The van der Waals surface area contributed by atoms with Crippen LogP contribution in [0.25, 0.3) is 0 Å². The molecule has 0 saturated heterocycles. The normalized spacial score (nSPS) is 21.1. The van der Waals surface area contributed by atoms with E-state index < -0.39 is 9.84 Å². The first-order chi connectivity index (χ1) is 8.04. The third-order valence-corrected chi connectivity index (χ3v) is 5.91. The van der Waals surface area contributed by atoms with Crippen molar-refractivity contribution in [2.45, 2.75) is 58.3 Å². The van der Waals surface area contributed by atoms with E-state index in [-0.39, 0.29) is 5.41 Å². The van der Waals surface area contributed by atoms with Gasteiger partial charge < -0.3 is 5.73 Å². The lowest BCUT2D eigenvalue weighted by molar-refractivity contribution is 0.245. The van der Waals surface area contributed by atoms with E-state index in [4.69, 9.17) is 5.73 Å². The van der Waals surface area contributed by atoms with Crippen molar-refractivity contribution < 1.29 is 8.42 Å². The van der Waals surface area contributed by atoms with E-state index in [1.54, 1.807) is 0 Å². The summed E-state index contributed by atoms with van der Waals surface area (Å²) in [4.78, 5) is 0. The van der Waals surface area contributed by atoms with Gasteiger partial charge in [0.15, 0.2) is 0 Å². The highest BCUT2D eigenvalue weighted by Gasteiger charge is 2.30. The average Bonchev–Trinajstić information content (AvgIpc) is 2.53. The molecule has 1 rings (SSSR count). The van der Waals surface area contributed by atoms with Crippen molar-refractivity contribution >= 4 is 9.84 Å². The van der Waals surface area contributed by atoms with Crippen LogP contribution in [0.5, 0.6) is 0 Å². The van der Waals surface area contributed by atoms with Crippen molar-refractivity contribution in [2.75, 3.05) is 18.1 Å². The quantitative estimate of drug-likeness (QED) is 0.747. The zero-order valence-electron chi connectivity index (χ0n) is 11.1. The zero-order chi connectivity index (χ0) is 12.8. The van der Waals surface area contributed by atoms with Crippen LogP contribution in [-0.4, -0.2) is 26.5 Å². The lowest BCUT2D eigenvalue weighted by Gasteiger charge is -2.31. The fourth-order valence-corrected chi connectivity index (χ4v) is 4.39. The summed E-state index contributed by atoms with van der Waals surface area (Å²) in [5, 5.41) is 0. The predicted octanol–water partition coefficient (Wildman–Crippen LogP) is 2.50. The molecule has 17 heavy (non-hydrogen) atoms. The molecule has 1 fully saturated rings. The van der Waals surface area contributed by atoms with Gasteiger partial charge in [0.1, 0.15) is 9.84 Å². The summed E-state index contributed by atoms with van der Waals surface area (Å²) in [6.07, 6.45) is 8.71. The first-order valence-electron chi connectivity index (χ1n) is 6.94. The summed E-state index contributed by atoms with van der Waals surface area (Å²) in [6, 6.07) is 0. The summed E-state index contributed by atoms with van der Waals surface area (Å²) in [5.41, 5.74) is 6.02. The van der Waals surface area contributed by atoms with Gasteiger partial charge in [-0.05, 0) is 37.6 Å². The maximum absolute atomic E-state index is 11.8. The molecule has 0 aromatic rings. The van der Waals surface area contributed by atoms with Crippen LogP contribution in [0.3, 0.4) is 0 Å². The Balaban J connectivity index is 2.56. The average molecular weight is 261 g/mol. The molecule has 0 aromatic carbocycles. The van der Waals surface area contributed by atoms with Gasteiger partial charge in [-0.3, -0.25) is 0 Å². The molecule has 1 aliphatic rings. The SMILES string of the molecule is CCCS(=O)(=O)CCC1(CN)CCCCCC1. The Morgan fingerprint density at radius 1 is 1.06 bits per heavy atom. The van der Waals surface area contributed by atoms with Crippen LogP contribution in [0.1, 0.15) is 58.3 Å². The van der Waals surface area contributed by atoms with Crippen LogP contribution in [0.4, 0.5) is 0 Å². The van der Waals surface area contributed by atoms with E-state index in [9.17, 15) is 8.42 Å².